The lowest BCUT2D eigenvalue weighted by Gasteiger charge is -2.50. The third kappa shape index (κ3) is 5.14. The van der Waals surface area contributed by atoms with E-state index < -0.39 is 16.6 Å². The van der Waals surface area contributed by atoms with Crippen molar-refractivity contribution in [3.05, 3.63) is 22.2 Å². The molecule has 2 atom stereocenters. The largest absolute Gasteiger partial charge is 0.473 e. The zero-order valence-electron chi connectivity index (χ0n) is 19.7. The first-order valence-electron chi connectivity index (χ1n) is 11.4. The molecule has 1 aromatic heterocycles. The highest BCUT2D eigenvalue weighted by Gasteiger charge is 2.52. The number of anilines is 1. The number of piperazine rings is 1. The lowest BCUT2D eigenvalue weighted by Crippen LogP contribution is -2.64. The van der Waals surface area contributed by atoms with Crippen molar-refractivity contribution in [2.45, 2.75) is 63.8 Å². The molecule has 0 aromatic carbocycles. The first kappa shape index (κ1) is 23.5. The Balaban J connectivity index is 1.33. The van der Waals surface area contributed by atoms with Gasteiger partial charge in [0.25, 0.3) is 5.88 Å². The van der Waals surface area contributed by atoms with Crippen molar-refractivity contribution in [2.75, 3.05) is 44.4 Å². The van der Waals surface area contributed by atoms with Gasteiger partial charge in [-0.05, 0) is 46.6 Å². The van der Waals surface area contributed by atoms with Crippen molar-refractivity contribution in [3.8, 4) is 5.88 Å². The summed E-state index contributed by atoms with van der Waals surface area (Å²) in [6.07, 6.45) is 1.02. The topological polar surface area (TPSA) is 119 Å². The van der Waals surface area contributed by atoms with Crippen LogP contribution in [0.5, 0.6) is 5.88 Å². The number of likely N-dealkylation sites (tertiary alicyclic amines) is 1. The van der Waals surface area contributed by atoms with Crippen LogP contribution in [0.2, 0.25) is 0 Å². The molecule has 2 bridgehead atoms. The summed E-state index contributed by atoms with van der Waals surface area (Å²) in [4.78, 5) is 32.0. The molecule has 0 aliphatic carbocycles. The van der Waals surface area contributed by atoms with E-state index in [4.69, 9.17) is 14.2 Å². The van der Waals surface area contributed by atoms with Gasteiger partial charge in [0, 0.05) is 37.8 Å². The number of nitro groups is 1. The molecule has 0 radical (unpaired) electrons. The number of ether oxygens (including phenoxy) is 3. The summed E-state index contributed by atoms with van der Waals surface area (Å²) in [5, 5.41) is 14.1. The Labute approximate surface area is 193 Å². The number of carbonyl (C=O) groups excluding carboxylic acids is 1. The first-order chi connectivity index (χ1) is 15.6. The predicted octanol–water partition coefficient (Wildman–Crippen LogP) is 2.34. The van der Waals surface area contributed by atoms with Crippen LogP contribution in [0.15, 0.2) is 12.1 Å². The van der Waals surface area contributed by atoms with Crippen molar-refractivity contribution in [1.82, 2.24) is 15.2 Å². The van der Waals surface area contributed by atoms with Gasteiger partial charge in [0.1, 0.15) is 11.4 Å². The lowest BCUT2D eigenvalue weighted by atomic mass is 9.96. The quantitative estimate of drug-likeness (QED) is 0.352. The standard InChI is InChI=1S/C22H33N5O6/c1-21(2,3)33-20(28)23-8-5-9-32-19-17(27(29)30)6-7-18(24-19)25-11-16-10-15(25)12-26(16)22(4)13-31-14-22/h6-7,15-16H,5,8-14H2,1-4H3,(H,23,28). The number of carbonyl (C=O) groups is 1. The van der Waals surface area contributed by atoms with E-state index in [1.165, 1.54) is 6.07 Å². The fraction of sp³-hybridized carbons (Fsp3) is 0.727. The SMILES string of the molecule is CC(C)(C)OC(=O)NCCCOc1nc(N2CC3CC2CN3C2(C)COC2)ccc1[N+](=O)[O-]. The number of hydrogen-bond acceptors (Lipinski definition) is 9. The van der Waals surface area contributed by atoms with E-state index in [1.807, 2.05) is 0 Å². The van der Waals surface area contributed by atoms with Gasteiger partial charge >= 0.3 is 11.8 Å². The van der Waals surface area contributed by atoms with E-state index in [2.05, 4.69) is 27.0 Å². The summed E-state index contributed by atoms with van der Waals surface area (Å²) < 4.78 is 16.3. The molecule has 3 aliphatic heterocycles. The highest BCUT2D eigenvalue weighted by atomic mass is 16.6. The second-order valence-corrected chi connectivity index (χ2v) is 10.2. The molecule has 4 rings (SSSR count). The van der Waals surface area contributed by atoms with Gasteiger partial charge in [0.15, 0.2) is 0 Å². The summed E-state index contributed by atoms with van der Waals surface area (Å²) in [7, 11) is 0. The van der Waals surface area contributed by atoms with Crippen LogP contribution in [-0.2, 0) is 9.47 Å². The Kier molecular flexibility index (Phi) is 6.37. The van der Waals surface area contributed by atoms with Crippen LogP contribution < -0.4 is 15.0 Å². The average Bonchev–Trinajstić information content (AvgIpc) is 3.31. The summed E-state index contributed by atoms with van der Waals surface area (Å²) in [6.45, 7) is 11.5. The monoisotopic (exact) mass is 463 g/mol. The van der Waals surface area contributed by atoms with Crippen molar-refractivity contribution in [3.63, 3.8) is 0 Å². The Bertz CT molecular complexity index is 900. The molecule has 1 N–H and O–H groups in total. The normalized spacial score (nSPS) is 23.8. The minimum atomic E-state index is -0.568. The molecule has 3 fully saturated rings. The maximum absolute atomic E-state index is 11.7. The second kappa shape index (κ2) is 8.94. The number of rotatable bonds is 8. The van der Waals surface area contributed by atoms with Crippen molar-refractivity contribution < 1.29 is 23.9 Å². The van der Waals surface area contributed by atoms with Gasteiger partial charge in [-0.25, -0.2) is 4.79 Å². The average molecular weight is 464 g/mol. The molecule has 3 saturated heterocycles. The lowest BCUT2D eigenvalue weighted by molar-refractivity contribution is -0.386. The maximum Gasteiger partial charge on any atom is 0.407 e. The van der Waals surface area contributed by atoms with Crippen LogP contribution >= 0.6 is 0 Å². The molecule has 182 valence electrons. The number of pyridine rings is 1. The molecular formula is C22H33N5O6. The molecular weight excluding hydrogens is 430 g/mol. The Morgan fingerprint density at radius 3 is 2.67 bits per heavy atom. The fourth-order valence-electron chi connectivity index (χ4n) is 4.75. The third-order valence-electron chi connectivity index (χ3n) is 6.30. The minimum absolute atomic E-state index is 0.00810. The van der Waals surface area contributed by atoms with Gasteiger partial charge in [-0.15, -0.1) is 0 Å². The summed E-state index contributed by atoms with van der Waals surface area (Å²) in [5.41, 5.74) is -0.610. The van der Waals surface area contributed by atoms with E-state index in [1.54, 1.807) is 26.8 Å². The number of amides is 1. The van der Waals surface area contributed by atoms with E-state index in [0.29, 0.717) is 30.9 Å². The van der Waals surface area contributed by atoms with E-state index in [0.717, 1.165) is 32.7 Å². The van der Waals surface area contributed by atoms with Crippen LogP contribution in [0.1, 0.15) is 40.5 Å². The third-order valence-corrected chi connectivity index (χ3v) is 6.30. The number of aromatic nitrogens is 1. The van der Waals surface area contributed by atoms with Gasteiger partial charge in [0.2, 0.25) is 0 Å². The molecule has 1 amide bonds. The fourth-order valence-corrected chi connectivity index (χ4v) is 4.75. The van der Waals surface area contributed by atoms with E-state index >= 15 is 0 Å². The molecule has 2 unspecified atom stereocenters. The summed E-state index contributed by atoms with van der Waals surface area (Å²) in [6, 6.07) is 3.92. The molecule has 4 heterocycles. The molecule has 33 heavy (non-hydrogen) atoms. The van der Waals surface area contributed by atoms with Gasteiger partial charge in [-0.3, -0.25) is 15.0 Å². The Morgan fingerprint density at radius 1 is 1.33 bits per heavy atom. The summed E-state index contributed by atoms with van der Waals surface area (Å²) >= 11 is 0. The number of nitrogens with one attached hydrogen (secondary N) is 1. The van der Waals surface area contributed by atoms with Crippen LogP contribution in [0.25, 0.3) is 0 Å². The molecule has 1 aromatic rings. The maximum atomic E-state index is 11.7. The van der Waals surface area contributed by atoms with Crippen molar-refractivity contribution in [1.29, 1.82) is 0 Å². The minimum Gasteiger partial charge on any atom is -0.473 e. The number of alkyl carbamates (subject to hydrolysis) is 1. The van der Waals surface area contributed by atoms with Gasteiger partial charge in [0.05, 0.1) is 30.3 Å². The number of hydrogen-bond donors (Lipinski definition) is 1. The highest BCUT2D eigenvalue weighted by molar-refractivity contribution is 5.67. The molecule has 0 spiro atoms. The first-order valence-corrected chi connectivity index (χ1v) is 11.4. The molecule has 11 heteroatoms. The zero-order valence-corrected chi connectivity index (χ0v) is 19.7. The predicted molar refractivity (Wildman–Crippen MR) is 121 cm³/mol. The molecule has 3 aliphatic rings. The van der Waals surface area contributed by atoms with Crippen LogP contribution in [0.3, 0.4) is 0 Å². The van der Waals surface area contributed by atoms with Crippen LogP contribution in [0.4, 0.5) is 16.3 Å². The molecule has 0 saturated carbocycles. The van der Waals surface area contributed by atoms with E-state index in [9.17, 15) is 14.9 Å². The molecule has 11 nitrogen and oxygen atoms in total. The van der Waals surface area contributed by atoms with E-state index in [-0.39, 0.29) is 23.7 Å². The van der Waals surface area contributed by atoms with Crippen LogP contribution in [0, 0.1) is 10.1 Å². The van der Waals surface area contributed by atoms with Crippen molar-refractivity contribution in [2.24, 2.45) is 0 Å². The zero-order chi connectivity index (χ0) is 23.8. The number of nitrogens with zero attached hydrogens (tertiary/aromatic N) is 4. The van der Waals surface area contributed by atoms with Crippen LogP contribution in [-0.4, -0.2) is 83.6 Å². The Hall–Kier alpha value is -2.66. The second-order valence-electron chi connectivity index (χ2n) is 10.2. The number of fused-ring (bicyclic) bond motifs is 2. The smallest absolute Gasteiger partial charge is 0.407 e. The Morgan fingerprint density at radius 2 is 2.09 bits per heavy atom. The van der Waals surface area contributed by atoms with Gasteiger partial charge in [-0.1, -0.05) is 0 Å². The summed E-state index contributed by atoms with van der Waals surface area (Å²) in [5.74, 6) is 0.707. The van der Waals surface area contributed by atoms with Crippen molar-refractivity contribution >= 4 is 17.6 Å². The highest BCUT2D eigenvalue weighted by Crippen LogP contribution is 2.41. The van der Waals surface area contributed by atoms with Gasteiger partial charge < -0.3 is 24.4 Å². The van der Waals surface area contributed by atoms with Gasteiger partial charge in [-0.2, -0.15) is 4.98 Å².